The van der Waals surface area contributed by atoms with Crippen molar-refractivity contribution in [1.29, 1.82) is 0 Å². The van der Waals surface area contributed by atoms with Gasteiger partial charge in [0, 0.05) is 16.1 Å². The van der Waals surface area contributed by atoms with E-state index >= 15 is 0 Å². The minimum absolute atomic E-state index is 0.313. The van der Waals surface area contributed by atoms with Crippen LogP contribution in [0.4, 0.5) is 4.79 Å². The van der Waals surface area contributed by atoms with E-state index in [-0.39, 0.29) is 6.04 Å². The topological polar surface area (TPSA) is 47.6 Å². The fourth-order valence-electron chi connectivity index (χ4n) is 3.24. The zero-order chi connectivity index (χ0) is 20.2. The van der Waals surface area contributed by atoms with Crippen LogP contribution in [-0.4, -0.2) is 13.2 Å². The quantitative estimate of drug-likeness (QED) is 0.606. The van der Waals surface area contributed by atoms with Gasteiger partial charge in [0.1, 0.15) is 5.75 Å². The van der Waals surface area contributed by atoms with Crippen LogP contribution in [0.5, 0.6) is 5.75 Å². The molecular weight excluding hydrogens is 386 g/mol. The molecule has 1 unspecified atom stereocenters. The van der Waals surface area contributed by atoms with Crippen LogP contribution >= 0.6 is 11.6 Å². The van der Waals surface area contributed by atoms with Gasteiger partial charge in [-0.05, 0) is 59.7 Å². The second kappa shape index (κ2) is 8.30. The van der Waals surface area contributed by atoms with Gasteiger partial charge in [-0.2, -0.15) is 0 Å². The molecular formula is C24H18ClNO3. The van der Waals surface area contributed by atoms with Gasteiger partial charge in [0.15, 0.2) is 6.10 Å². The molecule has 1 aliphatic heterocycles. The van der Waals surface area contributed by atoms with Gasteiger partial charge in [0.05, 0.1) is 13.2 Å². The number of carbonyl (C=O) groups excluding carboxylic acids is 1. The lowest BCUT2D eigenvalue weighted by atomic mass is 9.95. The minimum Gasteiger partial charge on any atom is -0.497 e. The van der Waals surface area contributed by atoms with E-state index in [1.54, 1.807) is 7.11 Å². The average molecular weight is 404 g/mol. The first kappa shape index (κ1) is 18.9. The number of hydrogen-bond acceptors (Lipinski definition) is 3. The van der Waals surface area contributed by atoms with Crippen molar-refractivity contribution < 1.29 is 14.3 Å². The van der Waals surface area contributed by atoms with E-state index in [2.05, 4.69) is 17.2 Å². The van der Waals surface area contributed by atoms with Gasteiger partial charge in [0.2, 0.25) is 0 Å². The Morgan fingerprint density at radius 2 is 1.66 bits per heavy atom. The lowest BCUT2D eigenvalue weighted by Gasteiger charge is -2.18. The molecule has 0 spiro atoms. The molecule has 1 aliphatic rings. The van der Waals surface area contributed by atoms with Crippen LogP contribution in [0.1, 0.15) is 34.4 Å². The Hall–Kier alpha value is -3.42. The van der Waals surface area contributed by atoms with Gasteiger partial charge >= 0.3 is 6.09 Å². The standard InChI is InChI=1S/C24H18ClNO3/c1-28-21-7-3-6-19(15-21)23-22(26-24(27)29-23)18-5-2-4-17(14-18)9-8-16-10-12-20(25)13-11-16/h2-7,10-15,22-23H,1H3,(H,26,27)/t22-,23?/m1/s1. The van der Waals surface area contributed by atoms with Crippen LogP contribution in [0, 0.1) is 11.8 Å². The predicted octanol–water partition coefficient (Wildman–Crippen LogP) is 5.27. The Kier molecular flexibility index (Phi) is 5.41. The summed E-state index contributed by atoms with van der Waals surface area (Å²) in [6, 6.07) is 22.4. The van der Waals surface area contributed by atoms with E-state index in [4.69, 9.17) is 21.1 Å². The summed E-state index contributed by atoms with van der Waals surface area (Å²) >= 11 is 5.91. The van der Waals surface area contributed by atoms with Crippen LogP contribution in [0.3, 0.4) is 0 Å². The first-order valence-electron chi connectivity index (χ1n) is 9.11. The van der Waals surface area contributed by atoms with Crippen molar-refractivity contribution in [3.63, 3.8) is 0 Å². The number of alkyl carbamates (subject to hydrolysis) is 1. The lowest BCUT2D eigenvalue weighted by Crippen LogP contribution is -2.19. The highest BCUT2D eigenvalue weighted by atomic mass is 35.5. The largest absolute Gasteiger partial charge is 0.497 e. The SMILES string of the molecule is COc1cccc(C2OC(=O)N[C@@H]2c2cccc(C#Cc3ccc(Cl)cc3)c2)c1. The van der Waals surface area contributed by atoms with E-state index in [0.717, 1.165) is 22.3 Å². The summed E-state index contributed by atoms with van der Waals surface area (Å²) in [5.41, 5.74) is 3.52. The van der Waals surface area contributed by atoms with Crippen molar-refractivity contribution >= 4 is 17.7 Å². The van der Waals surface area contributed by atoms with Crippen molar-refractivity contribution in [1.82, 2.24) is 5.32 Å². The molecule has 29 heavy (non-hydrogen) atoms. The summed E-state index contributed by atoms with van der Waals surface area (Å²) < 4.78 is 10.8. The molecule has 0 bridgehead atoms. The molecule has 4 nitrogen and oxygen atoms in total. The zero-order valence-electron chi connectivity index (χ0n) is 15.7. The van der Waals surface area contributed by atoms with E-state index in [0.29, 0.717) is 10.8 Å². The van der Waals surface area contributed by atoms with E-state index in [9.17, 15) is 4.79 Å². The molecule has 3 aromatic rings. The Bertz CT molecular complexity index is 1100. The molecule has 0 radical (unpaired) electrons. The zero-order valence-corrected chi connectivity index (χ0v) is 16.4. The number of cyclic esters (lactones) is 1. The molecule has 1 fully saturated rings. The number of nitrogens with one attached hydrogen (secondary N) is 1. The van der Waals surface area contributed by atoms with E-state index in [1.165, 1.54) is 0 Å². The number of rotatable bonds is 3. The van der Waals surface area contributed by atoms with Crippen molar-refractivity contribution in [2.24, 2.45) is 0 Å². The highest BCUT2D eigenvalue weighted by Gasteiger charge is 2.36. The van der Waals surface area contributed by atoms with Crippen LogP contribution in [0.2, 0.25) is 5.02 Å². The molecule has 1 heterocycles. The van der Waals surface area contributed by atoms with Crippen LogP contribution in [0.25, 0.3) is 0 Å². The molecule has 3 aromatic carbocycles. The second-order valence-electron chi connectivity index (χ2n) is 6.61. The second-order valence-corrected chi connectivity index (χ2v) is 7.04. The first-order chi connectivity index (χ1) is 14.1. The summed E-state index contributed by atoms with van der Waals surface area (Å²) in [5.74, 6) is 7.01. The third-order valence-corrected chi connectivity index (χ3v) is 4.93. The summed E-state index contributed by atoms with van der Waals surface area (Å²) in [6.45, 7) is 0. The third kappa shape index (κ3) is 4.37. The monoisotopic (exact) mass is 403 g/mol. The van der Waals surface area contributed by atoms with E-state index in [1.807, 2.05) is 72.8 Å². The molecule has 0 aromatic heterocycles. The minimum atomic E-state index is -0.447. The maximum Gasteiger partial charge on any atom is 0.408 e. The number of hydrogen-bond donors (Lipinski definition) is 1. The van der Waals surface area contributed by atoms with Gasteiger partial charge in [0.25, 0.3) is 0 Å². The highest BCUT2D eigenvalue weighted by molar-refractivity contribution is 6.30. The maximum absolute atomic E-state index is 12.0. The molecule has 5 heteroatoms. The predicted molar refractivity (Wildman–Crippen MR) is 112 cm³/mol. The van der Waals surface area contributed by atoms with Gasteiger partial charge < -0.3 is 14.8 Å². The van der Waals surface area contributed by atoms with Crippen molar-refractivity contribution in [3.05, 3.63) is 100 Å². The molecule has 1 N–H and O–H groups in total. The normalized spacial score (nSPS) is 17.7. The Morgan fingerprint density at radius 1 is 0.931 bits per heavy atom. The number of halogens is 1. The van der Waals surface area contributed by atoms with Gasteiger partial charge in [-0.3, -0.25) is 0 Å². The summed E-state index contributed by atoms with van der Waals surface area (Å²) in [6.07, 6.45) is -0.891. The number of amides is 1. The summed E-state index contributed by atoms with van der Waals surface area (Å²) in [7, 11) is 1.61. The number of benzene rings is 3. The number of ether oxygens (including phenoxy) is 2. The van der Waals surface area contributed by atoms with Gasteiger partial charge in [-0.15, -0.1) is 0 Å². The molecule has 0 aliphatic carbocycles. The van der Waals surface area contributed by atoms with Crippen molar-refractivity contribution in [2.75, 3.05) is 7.11 Å². The van der Waals surface area contributed by atoms with E-state index < -0.39 is 12.2 Å². The first-order valence-corrected chi connectivity index (χ1v) is 9.49. The average Bonchev–Trinajstić information content (AvgIpc) is 3.15. The molecule has 1 amide bonds. The maximum atomic E-state index is 12.0. The van der Waals surface area contributed by atoms with Crippen LogP contribution in [0.15, 0.2) is 72.8 Å². The molecule has 4 rings (SSSR count). The third-order valence-electron chi connectivity index (χ3n) is 4.67. The van der Waals surface area contributed by atoms with Crippen LogP contribution < -0.4 is 10.1 Å². The summed E-state index contributed by atoms with van der Waals surface area (Å²) in [4.78, 5) is 12.0. The number of carbonyl (C=O) groups is 1. The lowest BCUT2D eigenvalue weighted by molar-refractivity contribution is 0.132. The Labute approximate surface area is 174 Å². The molecule has 2 atom stereocenters. The van der Waals surface area contributed by atoms with Crippen LogP contribution in [-0.2, 0) is 4.74 Å². The van der Waals surface area contributed by atoms with Gasteiger partial charge in [-0.25, -0.2) is 4.79 Å². The van der Waals surface area contributed by atoms with Crippen molar-refractivity contribution in [3.8, 4) is 17.6 Å². The fourth-order valence-corrected chi connectivity index (χ4v) is 3.37. The van der Waals surface area contributed by atoms with Crippen molar-refractivity contribution in [2.45, 2.75) is 12.1 Å². The smallest absolute Gasteiger partial charge is 0.408 e. The molecule has 144 valence electrons. The Balaban J connectivity index is 1.62. The molecule has 1 saturated heterocycles. The Morgan fingerprint density at radius 3 is 2.45 bits per heavy atom. The highest BCUT2D eigenvalue weighted by Crippen LogP contribution is 2.37. The summed E-state index contributed by atoms with van der Waals surface area (Å²) in [5, 5.41) is 3.58. The number of methoxy groups -OCH3 is 1. The molecule has 0 saturated carbocycles. The fraction of sp³-hybridized carbons (Fsp3) is 0.125. The van der Waals surface area contributed by atoms with Gasteiger partial charge in [-0.1, -0.05) is 47.7 Å².